The van der Waals surface area contributed by atoms with E-state index in [0.717, 1.165) is 23.4 Å². The summed E-state index contributed by atoms with van der Waals surface area (Å²) in [7, 11) is 0. The van der Waals surface area contributed by atoms with E-state index in [4.69, 9.17) is 9.26 Å². The van der Waals surface area contributed by atoms with Gasteiger partial charge in [-0.3, -0.25) is 4.79 Å². The van der Waals surface area contributed by atoms with Gasteiger partial charge in [-0.15, -0.1) is 0 Å². The highest BCUT2D eigenvalue weighted by Crippen LogP contribution is 2.25. The number of ether oxygens (including phenoxy) is 1. The molecule has 0 radical (unpaired) electrons. The predicted octanol–water partition coefficient (Wildman–Crippen LogP) is 2.57. The van der Waals surface area contributed by atoms with Crippen molar-refractivity contribution < 1.29 is 28.3 Å². The van der Waals surface area contributed by atoms with Gasteiger partial charge in [-0.25, -0.2) is 9.18 Å². The topological polar surface area (TPSA) is 102 Å². The van der Waals surface area contributed by atoms with Crippen LogP contribution >= 0.6 is 0 Å². The fraction of sp³-hybridized carbons (Fsp3) is 0.389. The average Bonchev–Trinajstić information content (AvgIpc) is 2.91. The number of nitrogens with zero attached hydrogens (tertiary/aromatic N) is 1. The number of carboxylic acids is 1. The fourth-order valence-corrected chi connectivity index (χ4v) is 2.71. The van der Waals surface area contributed by atoms with Crippen molar-refractivity contribution in [3.8, 4) is 5.75 Å². The van der Waals surface area contributed by atoms with Crippen LogP contribution in [0.4, 0.5) is 4.39 Å². The second kappa shape index (κ2) is 8.46. The first-order chi connectivity index (χ1) is 12.3. The van der Waals surface area contributed by atoms with Crippen molar-refractivity contribution in [3.05, 3.63) is 47.1 Å². The van der Waals surface area contributed by atoms with E-state index in [1.54, 1.807) is 13.8 Å². The van der Waals surface area contributed by atoms with Crippen molar-refractivity contribution in [1.82, 2.24) is 10.5 Å². The first kappa shape index (κ1) is 19.4. The number of aryl methyl sites for hydroxylation is 2. The Morgan fingerprint density at radius 1 is 1.31 bits per heavy atom. The highest BCUT2D eigenvalue weighted by Gasteiger charge is 2.23. The zero-order valence-electron chi connectivity index (χ0n) is 14.8. The van der Waals surface area contributed by atoms with E-state index in [2.05, 4.69) is 10.5 Å². The van der Waals surface area contributed by atoms with Gasteiger partial charge < -0.3 is 19.7 Å². The van der Waals surface area contributed by atoms with Crippen LogP contribution in [0.3, 0.4) is 0 Å². The smallest absolute Gasteiger partial charge is 0.346 e. The van der Waals surface area contributed by atoms with Crippen LogP contribution in [-0.2, 0) is 9.59 Å². The van der Waals surface area contributed by atoms with Gasteiger partial charge in [0.25, 0.3) is 0 Å². The molecule has 0 aliphatic carbocycles. The molecule has 0 saturated carbocycles. The number of hydrogen-bond donors (Lipinski definition) is 2. The molecule has 1 aromatic carbocycles. The lowest BCUT2D eigenvalue weighted by atomic mass is 9.96. The minimum atomic E-state index is -1.28. The van der Waals surface area contributed by atoms with Crippen molar-refractivity contribution in [2.24, 2.45) is 0 Å². The molecule has 2 unspecified atom stereocenters. The van der Waals surface area contributed by atoms with E-state index in [0.29, 0.717) is 5.76 Å². The van der Waals surface area contributed by atoms with Crippen molar-refractivity contribution >= 4 is 11.9 Å². The van der Waals surface area contributed by atoms with Crippen molar-refractivity contribution in [2.75, 3.05) is 6.54 Å². The van der Waals surface area contributed by atoms with Gasteiger partial charge in [0.2, 0.25) is 12.0 Å². The second-order valence-electron chi connectivity index (χ2n) is 6.05. The molecule has 0 bridgehead atoms. The van der Waals surface area contributed by atoms with Crippen LogP contribution < -0.4 is 10.1 Å². The lowest BCUT2D eigenvalue weighted by Crippen LogP contribution is -2.40. The van der Waals surface area contributed by atoms with E-state index < -0.39 is 17.9 Å². The molecule has 1 amide bonds. The standard InChI is InChI=1S/C18H21FN2O5/c1-10(17-11(2)21-26-12(17)3)8-16(22)20-9-15(18(23)24)25-14-6-4-13(19)5-7-14/h4-7,10,15H,8-9H2,1-3H3,(H,20,22)(H,23,24). The number of aliphatic carboxylic acids is 1. The van der Waals surface area contributed by atoms with Crippen molar-refractivity contribution in [3.63, 3.8) is 0 Å². The molecule has 8 heteroatoms. The molecule has 0 aliphatic rings. The van der Waals surface area contributed by atoms with Crippen LogP contribution in [0.5, 0.6) is 5.75 Å². The third-order valence-corrected chi connectivity index (χ3v) is 3.93. The molecule has 26 heavy (non-hydrogen) atoms. The van der Waals surface area contributed by atoms with Crippen LogP contribution in [0.2, 0.25) is 0 Å². The number of carboxylic acid groups (broad SMARTS) is 1. The Balaban J connectivity index is 1.90. The summed E-state index contributed by atoms with van der Waals surface area (Å²) < 4.78 is 23.3. The zero-order valence-corrected chi connectivity index (χ0v) is 14.8. The molecular formula is C18H21FN2O5. The van der Waals surface area contributed by atoms with Crippen molar-refractivity contribution in [1.29, 1.82) is 0 Å². The summed E-state index contributed by atoms with van der Waals surface area (Å²) in [6, 6.07) is 4.98. The van der Waals surface area contributed by atoms with Crippen molar-refractivity contribution in [2.45, 2.75) is 39.2 Å². The minimum absolute atomic E-state index is 0.123. The van der Waals surface area contributed by atoms with Gasteiger partial charge in [0.15, 0.2) is 0 Å². The number of aromatic nitrogens is 1. The fourth-order valence-electron chi connectivity index (χ4n) is 2.71. The molecule has 0 saturated heterocycles. The number of halogens is 1. The first-order valence-corrected chi connectivity index (χ1v) is 8.12. The maximum absolute atomic E-state index is 12.9. The Hall–Kier alpha value is -2.90. The normalized spacial score (nSPS) is 13.1. The van der Waals surface area contributed by atoms with E-state index >= 15 is 0 Å². The molecule has 0 aliphatic heterocycles. The number of hydrogen-bond acceptors (Lipinski definition) is 5. The Labute approximate surface area is 150 Å². The zero-order chi connectivity index (χ0) is 19.3. The first-order valence-electron chi connectivity index (χ1n) is 8.12. The number of carbonyl (C=O) groups is 2. The molecule has 140 valence electrons. The molecule has 2 N–H and O–H groups in total. The van der Waals surface area contributed by atoms with Gasteiger partial charge in [-0.05, 0) is 44.0 Å². The summed E-state index contributed by atoms with van der Waals surface area (Å²) in [5.74, 6) is -1.25. The third kappa shape index (κ3) is 5.05. The minimum Gasteiger partial charge on any atom is -0.478 e. The van der Waals surface area contributed by atoms with E-state index in [-0.39, 0.29) is 30.5 Å². The number of carbonyl (C=O) groups excluding carboxylic acids is 1. The van der Waals surface area contributed by atoms with Gasteiger partial charge in [-0.1, -0.05) is 12.1 Å². The highest BCUT2D eigenvalue weighted by atomic mass is 19.1. The summed E-state index contributed by atoms with van der Waals surface area (Å²) in [5.41, 5.74) is 1.60. The molecule has 0 fully saturated rings. The molecule has 7 nitrogen and oxygen atoms in total. The summed E-state index contributed by atoms with van der Waals surface area (Å²) in [5, 5.41) is 15.7. The SMILES string of the molecule is Cc1noc(C)c1C(C)CC(=O)NCC(Oc1ccc(F)cc1)C(=O)O. The number of nitrogens with one attached hydrogen (secondary N) is 1. The summed E-state index contributed by atoms with van der Waals surface area (Å²) in [4.78, 5) is 23.4. The maximum atomic E-state index is 12.9. The van der Waals surface area contributed by atoms with Crippen LogP contribution in [-0.4, -0.2) is 34.8 Å². The average molecular weight is 364 g/mol. The van der Waals surface area contributed by atoms with Gasteiger partial charge in [-0.2, -0.15) is 0 Å². The van der Waals surface area contributed by atoms with E-state index in [9.17, 15) is 19.1 Å². The molecule has 2 atom stereocenters. The molecule has 1 heterocycles. The van der Waals surface area contributed by atoms with Crippen LogP contribution in [0.25, 0.3) is 0 Å². The third-order valence-electron chi connectivity index (χ3n) is 3.93. The van der Waals surface area contributed by atoms with Gasteiger partial charge >= 0.3 is 5.97 Å². The molecule has 2 rings (SSSR count). The molecule has 1 aromatic heterocycles. The van der Waals surface area contributed by atoms with Crippen LogP contribution in [0, 0.1) is 19.7 Å². The summed E-state index contributed by atoms with van der Waals surface area (Å²) in [6.45, 7) is 5.24. The number of rotatable bonds is 8. The largest absolute Gasteiger partial charge is 0.478 e. The summed E-state index contributed by atoms with van der Waals surface area (Å²) >= 11 is 0. The number of amides is 1. The predicted molar refractivity (Wildman–Crippen MR) is 90.5 cm³/mol. The highest BCUT2D eigenvalue weighted by molar-refractivity contribution is 5.79. The van der Waals surface area contributed by atoms with Crippen LogP contribution in [0.1, 0.15) is 36.3 Å². The Kier molecular flexibility index (Phi) is 6.32. The second-order valence-corrected chi connectivity index (χ2v) is 6.05. The molecular weight excluding hydrogens is 343 g/mol. The van der Waals surface area contributed by atoms with Crippen LogP contribution in [0.15, 0.2) is 28.8 Å². The van der Waals surface area contributed by atoms with Gasteiger partial charge in [0.05, 0.1) is 12.2 Å². The van der Waals surface area contributed by atoms with Gasteiger partial charge in [0, 0.05) is 12.0 Å². The monoisotopic (exact) mass is 364 g/mol. The van der Waals surface area contributed by atoms with E-state index in [1.807, 2.05) is 6.92 Å². The Morgan fingerprint density at radius 3 is 2.50 bits per heavy atom. The number of benzene rings is 1. The summed E-state index contributed by atoms with van der Waals surface area (Å²) in [6.07, 6.45) is -1.12. The van der Waals surface area contributed by atoms with Gasteiger partial charge in [0.1, 0.15) is 17.3 Å². The van der Waals surface area contributed by atoms with E-state index in [1.165, 1.54) is 12.1 Å². The Morgan fingerprint density at radius 2 is 1.96 bits per heavy atom. The molecule has 2 aromatic rings. The maximum Gasteiger partial charge on any atom is 0.346 e. The Bertz CT molecular complexity index is 753. The quantitative estimate of drug-likeness (QED) is 0.746. The molecule has 0 spiro atoms. The lowest BCUT2D eigenvalue weighted by molar-refractivity contribution is -0.145. The lowest BCUT2D eigenvalue weighted by Gasteiger charge is -2.17.